The molecule has 0 aliphatic carbocycles. The fourth-order valence-corrected chi connectivity index (χ4v) is 2.82. The Labute approximate surface area is 131 Å². The molecule has 3 aromatic heterocycles. The van der Waals surface area contributed by atoms with Crippen LogP contribution in [0, 0.1) is 18.3 Å². The minimum absolute atomic E-state index is 0.481. The zero-order valence-electron chi connectivity index (χ0n) is 11.9. The summed E-state index contributed by atoms with van der Waals surface area (Å²) in [5.74, 6) is 0.980. The van der Waals surface area contributed by atoms with Gasteiger partial charge in [0.2, 0.25) is 0 Å². The Hall–Kier alpha value is -2.72. The van der Waals surface area contributed by atoms with E-state index >= 15 is 0 Å². The lowest BCUT2D eigenvalue weighted by atomic mass is 10.1. The highest BCUT2D eigenvalue weighted by Gasteiger charge is 2.19. The van der Waals surface area contributed by atoms with E-state index in [9.17, 15) is 5.26 Å². The van der Waals surface area contributed by atoms with Crippen LogP contribution in [0.3, 0.4) is 0 Å². The highest BCUT2D eigenvalue weighted by Crippen LogP contribution is 2.26. The summed E-state index contributed by atoms with van der Waals surface area (Å²) in [4.78, 5) is 12.7. The van der Waals surface area contributed by atoms with Crippen LogP contribution in [-0.2, 0) is 6.54 Å². The molecule has 0 saturated carbocycles. The molecule has 1 unspecified atom stereocenters. The van der Waals surface area contributed by atoms with Gasteiger partial charge in [-0.25, -0.2) is 15.0 Å². The molecule has 3 aromatic rings. The molecular weight excluding hydrogens is 298 g/mol. The molecular formula is C15H13N5OS. The van der Waals surface area contributed by atoms with E-state index in [0.717, 1.165) is 16.5 Å². The number of thiazole rings is 1. The molecule has 1 N–H and O–H groups in total. The fraction of sp³-hybridized carbons (Fsp3) is 0.200. The number of hydrogen-bond donors (Lipinski definition) is 1. The molecule has 0 saturated heterocycles. The number of nitriles is 1. The number of hydrogen-bond acceptors (Lipinski definition) is 7. The van der Waals surface area contributed by atoms with Gasteiger partial charge in [0, 0.05) is 17.1 Å². The average Bonchev–Trinajstić information content (AvgIpc) is 3.18. The van der Waals surface area contributed by atoms with Crippen LogP contribution in [-0.4, -0.2) is 15.0 Å². The van der Waals surface area contributed by atoms with E-state index in [4.69, 9.17) is 4.42 Å². The lowest BCUT2D eigenvalue weighted by Crippen LogP contribution is -2.05. The van der Waals surface area contributed by atoms with Gasteiger partial charge in [0.05, 0.1) is 24.6 Å². The first-order valence-corrected chi connectivity index (χ1v) is 7.54. The topological polar surface area (TPSA) is 87.6 Å². The number of anilines is 1. The maximum absolute atomic E-state index is 9.43. The fourth-order valence-electron chi connectivity index (χ4n) is 1.97. The lowest BCUT2D eigenvalue weighted by Gasteiger charge is -2.08. The Morgan fingerprint density at radius 3 is 3.05 bits per heavy atom. The first-order valence-electron chi connectivity index (χ1n) is 6.66. The number of rotatable bonds is 5. The Morgan fingerprint density at radius 2 is 2.36 bits per heavy atom. The predicted molar refractivity (Wildman–Crippen MR) is 82.4 cm³/mol. The molecule has 3 heterocycles. The lowest BCUT2D eigenvalue weighted by molar-refractivity contribution is 0.518. The van der Waals surface area contributed by atoms with Gasteiger partial charge < -0.3 is 9.73 Å². The molecule has 0 aliphatic heterocycles. The molecule has 0 aromatic carbocycles. The van der Waals surface area contributed by atoms with Crippen LogP contribution in [0.4, 0.5) is 5.82 Å². The molecule has 0 radical (unpaired) electrons. The summed E-state index contributed by atoms with van der Waals surface area (Å²) in [5, 5.41) is 15.3. The zero-order chi connectivity index (χ0) is 15.4. The largest absolute Gasteiger partial charge is 0.467 e. The quantitative estimate of drug-likeness (QED) is 0.779. The third kappa shape index (κ3) is 3.13. The standard InChI is InChI=1S/C15H13N5OS/c1-10-8-22-15(20-10)12(6-16)13-5-14(19-9-18-13)17-7-11-3-2-4-21-11/h2-5,8-9,12H,7H2,1H3,(H,17,18,19). The van der Waals surface area contributed by atoms with Crippen molar-refractivity contribution in [1.82, 2.24) is 15.0 Å². The summed E-state index contributed by atoms with van der Waals surface area (Å²) in [6, 6.07) is 7.74. The number of aryl methyl sites for hydroxylation is 1. The normalized spacial score (nSPS) is 11.8. The summed E-state index contributed by atoms with van der Waals surface area (Å²) in [7, 11) is 0. The van der Waals surface area contributed by atoms with E-state index in [1.54, 1.807) is 12.3 Å². The maximum atomic E-state index is 9.43. The number of nitrogens with zero attached hydrogens (tertiary/aromatic N) is 4. The highest BCUT2D eigenvalue weighted by molar-refractivity contribution is 7.09. The maximum Gasteiger partial charge on any atom is 0.140 e. The summed E-state index contributed by atoms with van der Waals surface area (Å²) in [6.07, 6.45) is 3.07. The molecule has 110 valence electrons. The van der Waals surface area contributed by atoms with Crippen LogP contribution in [0.25, 0.3) is 0 Å². The molecule has 1 atom stereocenters. The van der Waals surface area contributed by atoms with Crippen LogP contribution >= 0.6 is 11.3 Å². The van der Waals surface area contributed by atoms with Crippen molar-refractivity contribution in [3.63, 3.8) is 0 Å². The molecule has 0 amide bonds. The van der Waals surface area contributed by atoms with Gasteiger partial charge in [-0.2, -0.15) is 5.26 Å². The molecule has 0 spiro atoms. The molecule has 0 aliphatic rings. The average molecular weight is 311 g/mol. The molecule has 0 bridgehead atoms. The molecule has 22 heavy (non-hydrogen) atoms. The monoisotopic (exact) mass is 311 g/mol. The molecule has 3 rings (SSSR count). The summed E-state index contributed by atoms with van der Waals surface area (Å²) in [6.45, 7) is 2.43. The van der Waals surface area contributed by atoms with E-state index in [-0.39, 0.29) is 0 Å². The van der Waals surface area contributed by atoms with Crippen LogP contribution in [0.1, 0.15) is 28.1 Å². The van der Waals surface area contributed by atoms with E-state index in [2.05, 4.69) is 26.3 Å². The van der Waals surface area contributed by atoms with Crippen LogP contribution < -0.4 is 5.32 Å². The number of furan rings is 1. The van der Waals surface area contributed by atoms with Crippen molar-refractivity contribution >= 4 is 17.2 Å². The second-order valence-corrected chi connectivity index (χ2v) is 5.54. The highest BCUT2D eigenvalue weighted by atomic mass is 32.1. The van der Waals surface area contributed by atoms with Gasteiger partial charge in [0.25, 0.3) is 0 Å². The van der Waals surface area contributed by atoms with Crippen molar-refractivity contribution < 1.29 is 4.42 Å². The van der Waals surface area contributed by atoms with Crippen molar-refractivity contribution in [3.05, 3.63) is 58.3 Å². The van der Waals surface area contributed by atoms with Crippen LogP contribution in [0.2, 0.25) is 0 Å². The predicted octanol–water partition coefficient (Wildman–Crippen LogP) is 3.10. The SMILES string of the molecule is Cc1csc(C(C#N)c2cc(NCc3ccco3)ncn2)n1. The first kappa shape index (κ1) is 14.2. The van der Waals surface area contributed by atoms with E-state index in [1.165, 1.54) is 17.7 Å². The smallest absolute Gasteiger partial charge is 0.140 e. The van der Waals surface area contributed by atoms with Gasteiger partial charge >= 0.3 is 0 Å². The first-order chi connectivity index (χ1) is 10.8. The summed E-state index contributed by atoms with van der Waals surface area (Å²) >= 11 is 1.46. The Balaban J connectivity index is 1.79. The van der Waals surface area contributed by atoms with Crippen molar-refractivity contribution in [3.8, 4) is 6.07 Å². The third-order valence-corrected chi connectivity index (χ3v) is 4.05. The Kier molecular flexibility index (Phi) is 4.12. The van der Waals surface area contributed by atoms with Crippen LogP contribution in [0.15, 0.2) is 40.6 Å². The minimum atomic E-state index is -0.481. The van der Waals surface area contributed by atoms with Gasteiger partial charge in [-0.3, -0.25) is 0 Å². The van der Waals surface area contributed by atoms with Crippen LogP contribution in [0.5, 0.6) is 0 Å². The van der Waals surface area contributed by atoms with E-state index < -0.39 is 5.92 Å². The van der Waals surface area contributed by atoms with E-state index in [0.29, 0.717) is 18.1 Å². The van der Waals surface area contributed by atoms with Crippen molar-refractivity contribution in [2.24, 2.45) is 0 Å². The van der Waals surface area contributed by atoms with Crippen molar-refractivity contribution in [2.45, 2.75) is 19.4 Å². The van der Waals surface area contributed by atoms with Gasteiger partial charge in [-0.1, -0.05) is 0 Å². The molecule has 7 heteroatoms. The minimum Gasteiger partial charge on any atom is -0.467 e. The van der Waals surface area contributed by atoms with Gasteiger partial charge in [-0.15, -0.1) is 11.3 Å². The summed E-state index contributed by atoms with van der Waals surface area (Å²) in [5.41, 5.74) is 1.54. The summed E-state index contributed by atoms with van der Waals surface area (Å²) < 4.78 is 5.26. The second kappa shape index (κ2) is 6.37. The van der Waals surface area contributed by atoms with Crippen molar-refractivity contribution in [2.75, 3.05) is 5.32 Å². The molecule has 0 fully saturated rings. The van der Waals surface area contributed by atoms with Gasteiger partial charge in [-0.05, 0) is 19.1 Å². The van der Waals surface area contributed by atoms with Crippen molar-refractivity contribution in [1.29, 1.82) is 5.26 Å². The zero-order valence-corrected chi connectivity index (χ0v) is 12.7. The Morgan fingerprint density at radius 1 is 1.45 bits per heavy atom. The second-order valence-electron chi connectivity index (χ2n) is 4.65. The van der Waals surface area contributed by atoms with Gasteiger partial charge in [0.15, 0.2) is 0 Å². The third-order valence-electron chi connectivity index (χ3n) is 3.02. The number of nitrogens with one attached hydrogen (secondary N) is 1. The number of aromatic nitrogens is 3. The Bertz CT molecular complexity index is 790. The molecule has 6 nitrogen and oxygen atoms in total. The van der Waals surface area contributed by atoms with E-state index in [1.807, 2.05) is 24.4 Å². The van der Waals surface area contributed by atoms with Gasteiger partial charge in [0.1, 0.15) is 28.8 Å².